The van der Waals surface area contributed by atoms with E-state index >= 15 is 0 Å². The van der Waals surface area contributed by atoms with Crippen molar-refractivity contribution >= 4 is 33.4 Å². The molecule has 0 radical (unpaired) electrons. The molecule has 0 atom stereocenters. The van der Waals surface area contributed by atoms with Crippen LogP contribution >= 0.6 is 11.6 Å². The fourth-order valence-corrected chi connectivity index (χ4v) is 4.10. The van der Waals surface area contributed by atoms with Gasteiger partial charge in [0.2, 0.25) is 0 Å². The Kier molecular flexibility index (Phi) is 3.30. The molecule has 0 N–H and O–H groups in total. The SMILES string of the molecule is [2H]c1c([2H])c([2H])c(-n2c3ccc(Cl)cc3c3ccc(-c4ccc(C(C)(C)C)cc4)cc32)c([2H])c1[2H]. The summed E-state index contributed by atoms with van der Waals surface area (Å²) in [4.78, 5) is 0. The summed E-state index contributed by atoms with van der Waals surface area (Å²) in [5.74, 6) is 0. The van der Waals surface area contributed by atoms with Crippen molar-refractivity contribution in [1.29, 1.82) is 0 Å². The first kappa shape index (κ1) is 14.1. The number of fused-ring (bicyclic) bond motifs is 3. The summed E-state index contributed by atoms with van der Waals surface area (Å²) in [6.45, 7) is 6.54. The van der Waals surface area contributed by atoms with Crippen LogP contribution in [0.1, 0.15) is 33.2 Å². The molecule has 1 aromatic heterocycles. The zero-order chi connectivity index (χ0) is 25.2. The molecule has 0 aliphatic rings. The van der Waals surface area contributed by atoms with Gasteiger partial charge in [0.05, 0.1) is 17.9 Å². The van der Waals surface area contributed by atoms with Crippen molar-refractivity contribution < 1.29 is 6.85 Å². The minimum atomic E-state index is -0.410. The Morgan fingerprint density at radius 1 is 0.733 bits per heavy atom. The summed E-state index contributed by atoms with van der Waals surface area (Å²) in [6.07, 6.45) is 0. The molecule has 5 aromatic rings. The van der Waals surface area contributed by atoms with Crippen LogP contribution in [0, 0.1) is 0 Å². The Bertz CT molecular complexity index is 1600. The van der Waals surface area contributed by atoms with Gasteiger partial charge in [-0.15, -0.1) is 0 Å². The lowest BCUT2D eigenvalue weighted by atomic mass is 9.86. The van der Waals surface area contributed by atoms with E-state index in [4.69, 9.17) is 18.5 Å². The van der Waals surface area contributed by atoms with E-state index < -0.39 is 6.04 Å². The molecule has 5 rings (SSSR count). The highest BCUT2D eigenvalue weighted by Gasteiger charge is 2.15. The summed E-state index contributed by atoms with van der Waals surface area (Å²) in [5, 5.41) is 2.32. The molecule has 0 fully saturated rings. The third-order valence-corrected chi connectivity index (χ3v) is 5.76. The van der Waals surface area contributed by atoms with Crippen molar-refractivity contribution in [3.05, 3.63) is 101 Å². The number of nitrogens with zero attached hydrogens (tertiary/aromatic N) is 1. The topological polar surface area (TPSA) is 4.93 Å². The number of hydrogen-bond acceptors (Lipinski definition) is 0. The van der Waals surface area contributed by atoms with E-state index in [-0.39, 0.29) is 35.3 Å². The van der Waals surface area contributed by atoms with Crippen molar-refractivity contribution in [2.75, 3.05) is 0 Å². The summed E-state index contributed by atoms with van der Waals surface area (Å²) >= 11 is 6.32. The third kappa shape index (κ3) is 3.20. The molecule has 0 saturated carbocycles. The first-order valence-electron chi connectivity index (χ1n) is 12.4. The van der Waals surface area contributed by atoms with Crippen molar-refractivity contribution in [2.45, 2.75) is 26.2 Å². The number of benzene rings is 4. The van der Waals surface area contributed by atoms with E-state index in [1.165, 1.54) is 5.56 Å². The maximum absolute atomic E-state index is 8.58. The number of halogens is 1. The number of hydrogen-bond donors (Lipinski definition) is 0. The summed E-state index contributed by atoms with van der Waals surface area (Å²) in [7, 11) is 0. The third-order valence-electron chi connectivity index (χ3n) is 5.52. The van der Waals surface area contributed by atoms with E-state index in [0.29, 0.717) is 5.02 Å². The Hall–Kier alpha value is -3.03. The van der Waals surface area contributed by atoms with Crippen LogP contribution in [0.4, 0.5) is 0 Å². The fraction of sp³-hybridized carbons (Fsp3) is 0.143. The van der Waals surface area contributed by atoms with Crippen LogP contribution in [0.15, 0.2) is 90.9 Å². The number of para-hydroxylation sites is 1. The number of aromatic nitrogens is 1. The van der Waals surface area contributed by atoms with Gasteiger partial charge >= 0.3 is 0 Å². The van der Waals surface area contributed by atoms with Gasteiger partial charge in [0.15, 0.2) is 0 Å². The highest BCUT2D eigenvalue weighted by Crippen LogP contribution is 2.36. The van der Waals surface area contributed by atoms with Gasteiger partial charge in [-0.2, -0.15) is 0 Å². The van der Waals surface area contributed by atoms with Crippen molar-refractivity contribution in [3.63, 3.8) is 0 Å². The molecule has 0 amide bonds. The summed E-state index contributed by atoms with van der Waals surface area (Å²) in [5.41, 5.74) is 4.90. The standard InChI is InChI=1S/C28H24ClN/c1-28(2,3)21-12-9-19(10-13-21)20-11-15-24-25-18-22(29)14-16-26(25)30(27(24)17-20)23-7-5-4-6-8-23/h4-18H,1-3H3/i4D,5D,6D,7D,8D. The van der Waals surface area contributed by atoms with Crippen molar-refractivity contribution in [2.24, 2.45) is 0 Å². The Morgan fingerprint density at radius 2 is 1.43 bits per heavy atom. The average Bonchev–Trinajstić information content (AvgIpc) is 3.14. The van der Waals surface area contributed by atoms with E-state index in [2.05, 4.69) is 45.0 Å². The molecule has 0 aliphatic carbocycles. The maximum atomic E-state index is 8.58. The van der Waals surface area contributed by atoms with E-state index in [1.54, 1.807) is 10.6 Å². The Morgan fingerprint density at radius 3 is 2.13 bits per heavy atom. The minimum absolute atomic E-state index is 0.0508. The van der Waals surface area contributed by atoms with E-state index in [9.17, 15) is 0 Å². The molecule has 1 nitrogen and oxygen atoms in total. The molecular formula is C28H24ClN. The van der Waals surface area contributed by atoms with Crippen LogP contribution in [0.5, 0.6) is 0 Å². The number of rotatable bonds is 2. The normalized spacial score (nSPS) is 14.3. The molecule has 0 aliphatic heterocycles. The molecule has 2 heteroatoms. The van der Waals surface area contributed by atoms with Crippen molar-refractivity contribution in [3.8, 4) is 16.8 Å². The predicted molar refractivity (Wildman–Crippen MR) is 130 cm³/mol. The second kappa shape index (κ2) is 7.04. The van der Waals surface area contributed by atoms with Gasteiger partial charge < -0.3 is 4.57 Å². The second-order valence-corrected chi connectivity index (χ2v) is 8.97. The van der Waals surface area contributed by atoms with Crippen molar-refractivity contribution in [1.82, 2.24) is 4.57 Å². The Balaban J connectivity index is 1.84. The highest BCUT2D eigenvalue weighted by atomic mass is 35.5. The molecular weight excluding hydrogens is 386 g/mol. The van der Waals surface area contributed by atoms with Crippen LogP contribution in [0.3, 0.4) is 0 Å². The quantitative estimate of drug-likeness (QED) is 0.273. The molecule has 30 heavy (non-hydrogen) atoms. The second-order valence-electron chi connectivity index (χ2n) is 8.53. The van der Waals surface area contributed by atoms with Gasteiger partial charge in [-0.1, -0.05) is 86.9 Å². The zero-order valence-corrected chi connectivity index (χ0v) is 17.9. The van der Waals surface area contributed by atoms with Gasteiger partial charge in [0.25, 0.3) is 0 Å². The first-order valence-corrected chi connectivity index (χ1v) is 10.3. The monoisotopic (exact) mass is 414 g/mol. The summed E-state index contributed by atoms with van der Waals surface area (Å²) < 4.78 is 43.3. The lowest BCUT2D eigenvalue weighted by molar-refractivity contribution is 0.590. The molecule has 148 valence electrons. The van der Waals surface area contributed by atoms with Gasteiger partial charge in [-0.25, -0.2) is 0 Å². The molecule has 0 bridgehead atoms. The largest absolute Gasteiger partial charge is 0.309 e. The maximum Gasteiger partial charge on any atom is 0.0645 e. The van der Waals surface area contributed by atoms with Gasteiger partial charge in [-0.05, 0) is 58.5 Å². The fourth-order valence-electron chi connectivity index (χ4n) is 3.93. The molecule has 4 aromatic carbocycles. The molecule has 0 unspecified atom stereocenters. The van der Waals surface area contributed by atoms with Gasteiger partial charge in [0, 0.05) is 21.5 Å². The van der Waals surface area contributed by atoms with Crippen LogP contribution in [0.2, 0.25) is 5.02 Å². The van der Waals surface area contributed by atoms with Crippen LogP contribution in [-0.2, 0) is 5.41 Å². The minimum Gasteiger partial charge on any atom is -0.309 e. The van der Waals surface area contributed by atoms with Crippen LogP contribution < -0.4 is 0 Å². The van der Waals surface area contributed by atoms with Crippen LogP contribution in [-0.4, -0.2) is 4.57 Å². The molecule has 1 heterocycles. The Labute approximate surface area is 189 Å². The average molecular weight is 415 g/mol. The lowest BCUT2D eigenvalue weighted by Gasteiger charge is -2.19. The van der Waals surface area contributed by atoms with Gasteiger partial charge in [0.1, 0.15) is 0 Å². The van der Waals surface area contributed by atoms with E-state index in [1.807, 2.05) is 30.3 Å². The van der Waals surface area contributed by atoms with E-state index in [0.717, 1.165) is 32.9 Å². The van der Waals surface area contributed by atoms with Gasteiger partial charge in [-0.3, -0.25) is 0 Å². The zero-order valence-electron chi connectivity index (χ0n) is 22.1. The highest BCUT2D eigenvalue weighted by molar-refractivity contribution is 6.32. The van der Waals surface area contributed by atoms with Crippen LogP contribution in [0.25, 0.3) is 38.6 Å². The first-order chi connectivity index (χ1) is 16.5. The smallest absolute Gasteiger partial charge is 0.0645 e. The predicted octanol–water partition coefficient (Wildman–Crippen LogP) is 8.40. The summed E-state index contributed by atoms with van der Waals surface area (Å²) in [6, 6.07) is 18.3. The molecule has 0 spiro atoms. The lowest BCUT2D eigenvalue weighted by Crippen LogP contribution is -2.10. The molecule has 0 saturated heterocycles.